The SMILES string of the molecule is Cc1cccc(-n2nccc2C(N=[N+]=[N-])C(C)C)c1. The van der Waals surface area contributed by atoms with E-state index in [-0.39, 0.29) is 12.0 Å². The Kier molecular flexibility index (Phi) is 3.88. The summed E-state index contributed by atoms with van der Waals surface area (Å²) in [6.07, 6.45) is 1.74. The molecule has 2 rings (SSSR count). The first kappa shape index (κ1) is 13.2. The van der Waals surface area contributed by atoms with Crippen LogP contribution in [0, 0.1) is 12.8 Å². The topological polar surface area (TPSA) is 66.6 Å². The van der Waals surface area contributed by atoms with Crippen molar-refractivity contribution in [2.24, 2.45) is 11.0 Å². The lowest BCUT2D eigenvalue weighted by atomic mass is 10.0. The number of hydrogen-bond donors (Lipinski definition) is 0. The van der Waals surface area contributed by atoms with Crippen LogP contribution in [-0.2, 0) is 0 Å². The molecule has 1 unspecified atom stereocenters. The summed E-state index contributed by atoms with van der Waals surface area (Å²) in [5.41, 5.74) is 11.8. The average molecular weight is 255 g/mol. The van der Waals surface area contributed by atoms with Crippen LogP contribution in [0.2, 0.25) is 0 Å². The second kappa shape index (κ2) is 5.59. The molecule has 19 heavy (non-hydrogen) atoms. The molecule has 0 saturated heterocycles. The maximum Gasteiger partial charge on any atom is 0.0822 e. The van der Waals surface area contributed by atoms with Crippen LogP contribution in [0.5, 0.6) is 0 Å². The van der Waals surface area contributed by atoms with Crippen molar-refractivity contribution in [3.63, 3.8) is 0 Å². The Morgan fingerprint density at radius 3 is 2.74 bits per heavy atom. The van der Waals surface area contributed by atoms with Crippen LogP contribution >= 0.6 is 0 Å². The highest BCUT2D eigenvalue weighted by Crippen LogP contribution is 2.27. The van der Waals surface area contributed by atoms with E-state index in [0.29, 0.717) is 0 Å². The van der Waals surface area contributed by atoms with Gasteiger partial charge in [0.2, 0.25) is 0 Å². The number of aryl methyl sites for hydroxylation is 1. The summed E-state index contributed by atoms with van der Waals surface area (Å²) < 4.78 is 1.84. The van der Waals surface area contributed by atoms with E-state index in [4.69, 9.17) is 5.53 Å². The van der Waals surface area contributed by atoms with Gasteiger partial charge in [0, 0.05) is 11.1 Å². The molecule has 0 spiro atoms. The van der Waals surface area contributed by atoms with E-state index in [1.54, 1.807) is 6.20 Å². The molecule has 1 atom stereocenters. The lowest BCUT2D eigenvalue weighted by molar-refractivity contribution is 0.489. The van der Waals surface area contributed by atoms with E-state index in [1.807, 2.05) is 49.7 Å². The van der Waals surface area contributed by atoms with Gasteiger partial charge in [-0.15, -0.1) is 0 Å². The first-order valence-corrected chi connectivity index (χ1v) is 6.28. The minimum atomic E-state index is -0.215. The number of rotatable bonds is 4. The van der Waals surface area contributed by atoms with Crippen molar-refractivity contribution in [2.75, 3.05) is 0 Å². The summed E-state index contributed by atoms with van der Waals surface area (Å²) in [5.74, 6) is 0.219. The number of azide groups is 1. The van der Waals surface area contributed by atoms with Gasteiger partial charge in [0.1, 0.15) is 0 Å². The van der Waals surface area contributed by atoms with Crippen LogP contribution in [0.15, 0.2) is 41.6 Å². The standard InChI is InChI=1S/C14H17N5/c1-10(2)14(17-18-15)13-7-8-16-19(13)12-6-4-5-11(3)9-12/h4-10,14H,1-3H3. The van der Waals surface area contributed by atoms with Crippen LogP contribution in [0.1, 0.15) is 31.1 Å². The Hall–Kier alpha value is -2.26. The molecule has 5 nitrogen and oxygen atoms in total. The highest BCUT2D eigenvalue weighted by Gasteiger charge is 2.19. The smallest absolute Gasteiger partial charge is 0.0822 e. The molecule has 0 aliphatic heterocycles. The van der Waals surface area contributed by atoms with Gasteiger partial charge in [0.25, 0.3) is 0 Å². The summed E-state index contributed by atoms with van der Waals surface area (Å²) in [7, 11) is 0. The van der Waals surface area contributed by atoms with Crippen molar-refractivity contribution in [2.45, 2.75) is 26.8 Å². The maximum atomic E-state index is 8.72. The van der Waals surface area contributed by atoms with Gasteiger partial charge in [-0.3, -0.25) is 0 Å². The van der Waals surface area contributed by atoms with Crippen LogP contribution < -0.4 is 0 Å². The molecule has 0 amide bonds. The predicted molar refractivity (Wildman–Crippen MR) is 75.0 cm³/mol. The molecular formula is C14H17N5. The fraction of sp³-hybridized carbons (Fsp3) is 0.357. The van der Waals surface area contributed by atoms with Crippen molar-refractivity contribution < 1.29 is 0 Å². The van der Waals surface area contributed by atoms with Gasteiger partial charge < -0.3 is 0 Å². The molecule has 98 valence electrons. The molecule has 1 aromatic heterocycles. The second-order valence-electron chi connectivity index (χ2n) is 4.90. The van der Waals surface area contributed by atoms with Gasteiger partial charge >= 0.3 is 0 Å². The van der Waals surface area contributed by atoms with E-state index in [2.05, 4.69) is 21.2 Å². The number of benzene rings is 1. The van der Waals surface area contributed by atoms with Crippen LogP contribution in [0.25, 0.3) is 16.1 Å². The van der Waals surface area contributed by atoms with Crippen LogP contribution in [0.3, 0.4) is 0 Å². The van der Waals surface area contributed by atoms with Gasteiger partial charge in [-0.25, -0.2) is 4.68 Å². The van der Waals surface area contributed by atoms with Gasteiger partial charge in [-0.1, -0.05) is 31.1 Å². The third kappa shape index (κ3) is 2.77. The van der Waals surface area contributed by atoms with Crippen molar-refractivity contribution in [1.29, 1.82) is 0 Å². The van der Waals surface area contributed by atoms with Gasteiger partial charge in [0.15, 0.2) is 0 Å². The van der Waals surface area contributed by atoms with Crippen molar-refractivity contribution in [3.8, 4) is 5.69 Å². The van der Waals surface area contributed by atoms with Crippen LogP contribution in [0.4, 0.5) is 0 Å². The van der Waals surface area contributed by atoms with Crippen LogP contribution in [-0.4, -0.2) is 9.78 Å². The van der Waals surface area contributed by atoms with Gasteiger partial charge in [-0.05, 0) is 42.1 Å². The summed E-state index contributed by atoms with van der Waals surface area (Å²) in [6, 6.07) is 9.78. The first-order valence-electron chi connectivity index (χ1n) is 6.28. The molecule has 0 aliphatic carbocycles. The minimum absolute atomic E-state index is 0.215. The lowest BCUT2D eigenvalue weighted by Gasteiger charge is -2.17. The molecule has 0 N–H and O–H groups in total. The monoisotopic (exact) mass is 255 g/mol. The van der Waals surface area contributed by atoms with Gasteiger partial charge in [-0.2, -0.15) is 5.10 Å². The summed E-state index contributed by atoms with van der Waals surface area (Å²) in [4.78, 5) is 2.95. The lowest BCUT2D eigenvalue weighted by Crippen LogP contribution is -2.10. The second-order valence-corrected chi connectivity index (χ2v) is 4.90. The Bertz CT molecular complexity index is 608. The number of hydrogen-bond acceptors (Lipinski definition) is 2. The molecule has 2 aromatic rings. The summed E-state index contributed by atoms with van der Waals surface area (Å²) in [6.45, 7) is 6.11. The molecule has 5 heteroatoms. The van der Waals surface area contributed by atoms with E-state index in [1.165, 1.54) is 5.56 Å². The zero-order chi connectivity index (χ0) is 13.8. The zero-order valence-electron chi connectivity index (χ0n) is 11.4. The normalized spacial score (nSPS) is 12.2. The Balaban J connectivity index is 2.50. The minimum Gasteiger partial charge on any atom is -0.237 e. The fourth-order valence-corrected chi connectivity index (χ4v) is 2.10. The van der Waals surface area contributed by atoms with Crippen molar-refractivity contribution in [3.05, 3.63) is 58.2 Å². The maximum absolute atomic E-state index is 8.72. The number of aromatic nitrogens is 2. The Morgan fingerprint density at radius 2 is 2.11 bits per heavy atom. The van der Waals surface area contributed by atoms with E-state index in [9.17, 15) is 0 Å². The van der Waals surface area contributed by atoms with Gasteiger partial charge in [0.05, 0.1) is 17.4 Å². The van der Waals surface area contributed by atoms with E-state index < -0.39 is 0 Å². The quantitative estimate of drug-likeness (QED) is 0.459. The average Bonchev–Trinajstić information content (AvgIpc) is 2.84. The van der Waals surface area contributed by atoms with Crippen molar-refractivity contribution in [1.82, 2.24) is 9.78 Å². The fourth-order valence-electron chi connectivity index (χ4n) is 2.10. The summed E-state index contributed by atoms with van der Waals surface area (Å²) in [5, 5.41) is 8.24. The largest absolute Gasteiger partial charge is 0.237 e. The summed E-state index contributed by atoms with van der Waals surface area (Å²) >= 11 is 0. The van der Waals surface area contributed by atoms with E-state index in [0.717, 1.165) is 11.4 Å². The zero-order valence-corrected chi connectivity index (χ0v) is 11.4. The molecule has 1 heterocycles. The highest BCUT2D eigenvalue weighted by atomic mass is 15.3. The van der Waals surface area contributed by atoms with E-state index >= 15 is 0 Å². The van der Waals surface area contributed by atoms with Crippen molar-refractivity contribution >= 4 is 0 Å². The Morgan fingerprint density at radius 1 is 1.32 bits per heavy atom. The first-order chi connectivity index (χ1) is 9.13. The third-order valence-electron chi connectivity index (χ3n) is 3.03. The molecule has 0 bridgehead atoms. The number of nitrogens with zero attached hydrogens (tertiary/aromatic N) is 5. The Labute approximate surface area is 112 Å². The molecule has 0 saturated carbocycles. The molecule has 0 fully saturated rings. The molecule has 1 aromatic carbocycles. The highest BCUT2D eigenvalue weighted by molar-refractivity contribution is 5.36. The predicted octanol–water partition coefficient (Wildman–Crippen LogP) is 4.19. The molecular weight excluding hydrogens is 238 g/mol. The third-order valence-corrected chi connectivity index (χ3v) is 3.03. The molecule has 0 aliphatic rings. The molecule has 0 radical (unpaired) electrons.